The Morgan fingerprint density at radius 2 is 2.21 bits per heavy atom. The van der Waals surface area contributed by atoms with Crippen molar-refractivity contribution < 1.29 is 8.42 Å². The zero-order chi connectivity index (χ0) is 10.6. The van der Waals surface area contributed by atoms with E-state index in [1.807, 2.05) is 7.05 Å². The third-order valence-corrected chi connectivity index (χ3v) is 3.79. The molecule has 1 unspecified atom stereocenters. The number of nitrogens with zero attached hydrogens (tertiary/aromatic N) is 1. The van der Waals surface area contributed by atoms with Crippen LogP contribution in [-0.4, -0.2) is 58.8 Å². The molecule has 84 valence electrons. The monoisotopic (exact) mass is 221 g/mol. The summed E-state index contributed by atoms with van der Waals surface area (Å²) in [5, 5.41) is 2.83. The van der Waals surface area contributed by atoms with Crippen molar-refractivity contribution >= 4 is 10.0 Å². The van der Waals surface area contributed by atoms with Crippen LogP contribution in [0, 0.1) is 0 Å². The SMILES string of the molecule is CNCCS(=O)(=O)NC1CCN(C)C1. The Labute approximate surface area is 85.9 Å². The molecule has 0 aromatic heterocycles. The summed E-state index contributed by atoms with van der Waals surface area (Å²) in [6, 6.07) is 0.0989. The normalized spacial score (nSPS) is 24.3. The lowest BCUT2D eigenvalue weighted by Crippen LogP contribution is -2.39. The molecule has 0 aromatic rings. The summed E-state index contributed by atoms with van der Waals surface area (Å²) in [7, 11) is 0.661. The largest absolute Gasteiger partial charge is 0.319 e. The van der Waals surface area contributed by atoms with E-state index < -0.39 is 10.0 Å². The van der Waals surface area contributed by atoms with Crippen LogP contribution in [0.1, 0.15) is 6.42 Å². The molecular weight excluding hydrogens is 202 g/mol. The molecule has 1 atom stereocenters. The molecule has 1 saturated heterocycles. The molecule has 0 aromatic carbocycles. The molecule has 0 saturated carbocycles. The van der Waals surface area contributed by atoms with Crippen molar-refractivity contribution in [3.63, 3.8) is 0 Å². The van der Waals surface area contributed by atoms with Gasteiger partial charge in [0, 0.05) is 19.1 Å². The molecule has 2 N–H and O–H groups in total. The molecule has 1 heterocycles. The first kappa shape index (κ1) is 11.9. The minimum Gasteiger partial charge on any atom is -0.319 e. The summed E-state index contributed by atoms with van der Waals surface area (Å²) in [6.07, 6.45) is 0.912. The van der Waals surface area contributed by atoms with Gasteiger partial charge in [-0.05, 0) is 27.1 Å². The quantitative estimate of drug-likeness (QED) is 0.614. The summed E-state index contributed by atoms with van der Waals surface area (Å²) >= 11 is 0. The fourth-order valence-corrected chi connectivity index (χ4v) is 2.87. The second kappa shape index (κ2) is 5.06. The lowest BCUT2D eigenvalue weighted by atomic mass is 10.3. The highest BCUT2D eigenvalue weighted by Gasteiger charge is 2.23. The van der Waals surface area contributed by atoms with Gasteiger partial charge in [0.15, 0.2) is 0 Å². The van der Waals surface area contributed by atoms with E-state index in [0.29, 0.717) is 6.54 Å². The Hall–Kier alpha value is -0.170. The van der Waals surface area contributed by atoms with Gasteiger partial charge in [-0.2, -0.15) is 0 Å². The van der Waals surface area contributed by atoms with Crippen LogP contribution in [-0.2, 0) is 10.0 Å². The van der Waals surface area contributed by atoms with Crippen LogP contribution in [0.4, 0.5) is 0 Å². The van der Waals surface area contributed by atoms with Crippen molar-refractivity contribution in [2.24, 2.45) is 0 Å². The van der Waals surface area contributed by atoms with Gasteiger partial charge in [-0.3, -0.25) is 0 Å². The van der Waals surface area contributed by atoms with Crippen LogP contribution in [0.3, 0.4) is 0 Å². The minimum atomic E-state index is -3.09. The van der Waals surface area contributed by atoms with Gasteiger partial charge < -0.3 is 10.2 Å². The van der Waals surface area contributed by atoms with Gasteiger partial charge in [-0.25, -0.2) is 13.1 Å². The van der Waals surface area contributed by atoms with E-state index in [1.165, 1.54) is 0 Å². The Balaban J connectivity index is 2.35. The lowest BCUT2D eigenvalue weighted by molar-refractivity contribution is 0.407. The van der Waals surface area contributed by atoms with Crippen LogP contribution in [0.15, 0.2) is 0 Å². The standard InChI is InChI=1S/C8H19N3O2S/c1-9-4-6-14(12,13)10-8-3-5-11(2)7-8/h8-10H,3-7H2,1-2H3. The first-order chi connectivity index (χ1) is 6.53. The highest BCUT2D eigenvalue weighted by molar-refractivity contribution is 7.89. The fraction of sp³-hybridized carbons (Fsp3) is 1.00. The number of sulfonamides is 1. The third kappa shape index (κ3) is 3.91. The summed E-state index contributed by atoms with van der Waals surface area (Å²) in [4.78, 5) is 2.13. The van der Waals surface area contributed by atoms with Gasteiger partial charge in [0.25, 0.3) is 0 Å². The van der Waals surface area contributed by atoms with E-state index >= 15 is 0 Å². The fourth-order valence-electron chi connectivity index (χ4n) is 1.58. The molecule has 0 aliphatic carbocycles. The lowest BCUT2D eigenvalue weighted by Gasteiger charge is -2.12. The second-order valence-electron chi connectivity index (χ2n) is 3.79. The molecular formula is C8H19N3O2S. The molecule has 1 fully saturated rings. The number of hydrogen-bond donors (Lipinski definition) is 2. The van der Waals surface area contributed by atoms with Crippen LogP contribution >= 0.6 is 0 Å². The van der Waals surface area contributed by atoms with Crippen LogP contribution in [0.5, 0.6) is 0 Å². The maximum Gasteiger partial charge on any atom is 0.213 e. The van der Waals surface area contributed by atoms with E-state index in [0.717, 1.165) is 19.5 Å². The van der Waals surface area contributed by atoms with E-state index in [1.54, 1.807) is 7.05 Å². The van der Waals surface area contributed by atoms with Crippen molar-refractivity contribution in [1.29, 1.82) is 0 Å². The van der Waals surface area contributed by atoms with Gasteiger partial charge in [0.2, 0.25) is 10.0 Å². The molecule has 0 radical (unpaired) electrons. The number of likely N-dealkylation sites (N-methyl/N-ethyl adjacent to an activating group) is 1. The van der Waals surface area contributed by atoms with Crippen molar-refractivity contribution in [2.45, 2.75) is 12.5 Å². The first-order valence-corrected chi connectivity index (χ1v) is 6.52. The highest BCUT2D eigenvalue weighted by atomic mass is 32.2. The molecule has 1 aliphatic heterocycles. The van der Waals surface area contributed by atoms with E-state index in [9.17, 15) is 8.42 Å². The molecule has 6 heteroatoms. The zero-order valence-electron chi connectivity index (χ0n) is 8.78. The molecule has 0 spiro atoms. The molecule has 0 amide bonds. The van der Waals surface area contributed by atoms with Crippen molar-refractivity contribution in [3.05, 3.63) is 0 Å². The molecule has 1 aliphatic rings. The van der Waals surface area contributed by atoms with Gasteiger partial charge in [0.05, 0.1) is 5.75 Å². The Kier molecular flexibility index (Phi) is 4.31. The summed E-state index contributed by atoms with van der Waals surface area (Å²) in [6.45, 7) is 2.29. The zero-order valence-corrected chi connectivity index (χ0v) is 9.60. The summed E-state index contributed by atoms with van der Waals surface area (Å²) < 4.78 is 25.7. The van der Waals surface area contributed by atoms with Gasteiger partial charge in [-0.1, -0.05) is 0 Å². The number of likely N-dealkylation sites (tertiary alicyclic amines) is 1. The minimum absolute atomic E-state index is 0.0989. The van der Waals surface area contributed by atoms with Crippen molar-refractivity contribution in [2.75, 3.05) is 39.5 Å². The van der Waals surface area contributed by atoms with Gasteiger partial charge in [0.1, 0.15) is 0 Å². The van der Waals surface area contributed by atoms with Crippen molar-refractivity contribution in [3.8, 4) is 0 Å². The molecule has 1 rings (SSSR count). The maximum atomic E-state index is 11.5. The predicted octanol–water partition coefficient (Wildman–Crippen LogP) is -1.17. The summed E-state index contributed by atoms with van der Waals surface area (Å²) in [5.74, 6) is 0.156. The number of hydrogen-bond acceptors (Lipinski definition) is 4. The summed E-state index contributed by atoms with van der Waals surface area (Å²) in [5.41, 5.74) is 0. The smallest absolute Gasteiger partial charge is 0.213 e. The van der Waals surface area contributed by atoms with Crippen molar-refractivity contribution in [1.82, 2.24) is 14.9 Å². The van der Waals surface area contributed by atoms with Crippen LogP contribution < -0.4 is 10.0 Å². The maximum absolute atomic E-state index is 11.5. The van der Waals surface area contributed by atoms with Crippen LogP contribution in [0.2, 0.25) is 0 Å². The van der Waals surface area contributed by atoms with E-state index in [-0.39, 0.29) is 11.8 Å². The second-order valence-corrected chi connectivity index (χ2v) is 5.66. The average Bonchev–Trinajstić information content (AvgIpc) is 2.47. The number of nitrogens with one attached hydrogen (secondary N) is 2. The number of rotatable bonds is 5. The third-order valence-electron chi connectivity index (χ3n) is 2.36. The van der Waals surface area contributed by atoms with Gasteiger partial charge >= 0.3 is 0 Å². The highest BCUT2D eigenvalue weighted by Crippen LogP contribution is 2.07. The molecule has 0 bridgehead atoms. The Morgan fingerprint density at radius 1 is 1.50 bits per heavy atom. The van der Waals surface area contributed by atoms with Crippen LogP contribution in [0.25, 0.3) is 0 Å². The van der Waals surface area contributed by atoms with E-state index in [2.05, 4.69) is 14.9 Å². The van der Waals surface area contributed by atoms with Gasteiger partial charge in [-0.15, -0.1) is 0 Å². The average molecular weight is 221 g/mol. The molecule has 5 nitrogen and oxygen atoms in total. The Morgan fingerprint density at radius 3 is 2.71 bits per heavy atom. The Bertz CT molecular complexity index is 266. The molecule has 14 heavy (non-hydrogen) atoms. The topological polar surface area (TPSA) is 61.4 Å². The predicted molar refractivity (Wildman–Crippen MR) is 56.8 cm³/mol. The first-order valence-electron chi connectivity index (χ1n) is 4.86. The van der Waals surface area contributed by atoms with E-state index in [4.69, 9.17) is 0 Å².